The van der Waals surface area contributed by atoms with Gasteiger partial charge in [0.25, 0.3) is 0 Å². The number of phenolic OH excluding ortho intramolecular Hbond substituents is 1. The number of benzene rings is 1. The van der Waals surface area contributed by atoms with Crippen LogP contribution in [0.15, 0.2) is 23.0 Å². The molecule has 3 aliphatic rings. The topological polar surface area (TPSA) is 185 Å². The van der Waals surface area contributed by atoms with E-state index >= 15 is 0 Å². The van der Waals surface area contributed by atoms with Crippen molar-refractivity contribution in [3.63, 3.8) is 0 Å². The van der Waals surface area contributed by atoms with E-state index in [-0.39, 0.29) is 36.1 Å². The second-order valence-electron chi connectivity index (χ2n) is 11.9. The quantitative estimate of drug-likeness (QED) is 0.225. The lowest BCUT2D eigenvalue weighted by Crippen LogP contribution is -2.65. The minimum atomic E-state index is -3.57. The van der Waals surface area contributed by atoms with Crippen molar-refractivity contribution >= 4 is 38.8 Å². The molecule has 0 saturated heterocycles. The molecular formula is C30H37N3O9S. The van der Waals surface area contributed by atoms with Crippen LogP contribution in [0.5, 0.6) is 5.75 Å². The highest BCUT2D eigenvalue weighted by Gasteiger charge is 2.64. The summed E-state index contributed by atoms with van der Waals surface area (Å²) in [5.74, 6) is -1.08. The molecule has 0 spiro atoms. The first kappa shape index (κ1) is 32.2. The second kappa shape index (κ2) is 11.1. The Hall–Kier alpha value is -3.70. The molecule has 5 N–H and O–H groups in total. The van der Waals surface area contributed by atoms with Gasteiger partial charge in [0.05, 0.1) is 29.0 Å². The number of hydrogen-bond donors (Lipinski definition) is 5. The van der Waals surface area contributed by atoms with Gasteiger partial charge in [0.1, 0.15) is 22.8 Å². The Kier molecular flexibility index (Phi) is 8.31. The molecule has 0 aromatic heterocycles. The fourth-order valence-corrected chi connectivity index (χ4v) is 6.94. The maximum atomic E-state index is 14.1. The molecule has 1 aromatic carbocycles. The molecule has 43 heavy (non-hydrogen) atoms. The molecule has 4 atom stereocenters. The number of likely N-dealkylation sites (N-methyl/N-ethyl adjacent to an activating group) is 1. The molecule has 0 unspecified atom stereocenters. The van der Waals surface area contributed by atoms with Crippen molar-refractivity contribution < 1.29 is 43.2 Å². The molecule has 0 bridgehead atoms. The van der Waals surface area contributed by atoms with Crippen LogP contribution in [0.3, 0.4) is 0 Å². The number of nitrogens with one attached hydrogen (secondary N) is 1. The minimum Gasteiger partial charge on any atom is -0.508 e. The highest BCUT2D eigenvalue weighted by molar-refractivity contribution is 7.90. The van der Waals surface area contributed by atoms with Crippen molar-refractivity contribution in [2.75, 3.05) is 39.6 Å². The number of phenols is 1. The van der Waals surface area contributed by atoms with Gasteiger partial charge in [-0.3, -0.25) is 19.3 Å². The van der Waals surface area contributed by atoms with Gasteiger partial charge in [-0.2, -0.15) is 0 Å². The summed E-state index contributed by atoms with van der Waals surface area (Å²) in [6, 6.07) is 0.499. The van der Waals surface area contributed by atoms with Gasteiger partial charge in [-0.25, -0.2) is 13.1 Å². The number of carbonyl (C=O) groups is 3. The standard InChI is InChI=1S/C30H37N3O9S/c1-14(2)43(41,42)31-10-8-9-16-13-20(32(4)5)18-11-17-12-19-24(33(6)7)27(37)21(15(3)34)28(38)30(19,40)29(39)22(17)26(36)23(18)25(16)35/h13-14,17,19,24,31,35-36,38,40H,10-12H2,1-7H3/t17-,19-,24-,30+/m0/s1. The van der Waals surface area contributed by atoms with Crippen molar-refractivity contribution in [1.82, 2.24) is 9.62 Å². The summed E-state index contributed by atoms with van der Waals surface area (Å²) in [6.45, 7) is 3.87. The molecule has 232 valence electrons. The van der Waals surface area contributed by atoms with Crippen molar-refractivity contribution in [2.45, 2.75) is 50.5 Å². The summed E-state index contributed by atoms with van der Waals surface area (Å²) in [7, 11) is 3.07. The van der Waals surface area contributed by atoms with Crippen LogP contribution in [0.4, 0.5) is 5.69 Å². The summed E-state index contributed by atoms with van der Waals surface area (Å²) in [5, 5.41) is 45.0. The average Bonchev–Trinajstić information content (AvgIpc) is 2.89. The summed E-state index contributed by atoms with van der Waals surface area (Å²) < 4.78 is 26.4. The fourth-order valence-electron chi connectivity index (χ4n) is 6.33. The van der Waals surface area contributed by atoms with Gasteiger partial charge in [-0.15, -0.1) is 0 Å². The molecule has 0 amide bonds. The van der Waals surface area contributed by atoms with Crippen molar-refractivity contribution in [1.29, 1.82) is 0 Å². The molecule has 13 heteroatoms. The Bertz CT molecular complexity index is 1660. The zero-order valence-electron chi connectivity index (χ0n) is 25.1. The van der Waals surface area contributed by atoms with Gasteiger partial charge in [0.15, 0.2) is 17.2 Å². The number of anilines is 1. The first-order valence-electron chi connectivity index (χ1n) is 13.8. The van der Waals surface area contributed by atoms with E-state index in [9.17, 15) is 43.2 Å². The number of nitrogens with zero attached hydrogens (tertiary/aromatic N) is 2. The van der Waals surface area contributed by atoms with Crippen LogP contribution in [0, 0.1) is 23.7 Å². The second-order valence-corrected chi connectivity index (χ2v) is 14.2. The van der Waals surface area contributed by atoms with E-state index < -0.39 is 78.9 Å². The van der Waals surface area contributed by atoms with E-state index in [1.54, 1.807) is 39.2 Å². The number of hydrogen-bond acceptors (Lipinski definition) is 11. The van der Waals surface area contributed by atoms with Crippen LogP contribution < -0.4 is 9.62 Å². The number of Topliss-reactive ketones (excluding diaryl/α,β-unsaturated/α-hetero) is 3. The predicted octanol–water partition coefficient (Wildman–Crippen LogP) is 0.813. The summed E-state index contributed by atoms with van der Waals surface area (Å²) in [6.07, 6.45) is 0.157. The lowest BCUT2D eigenvalue weighted by Gasteiger charge is -2.50. The van der Waals surface area contributed by atoms with Crippen molar-refractivity contribution in [3.8, 4) is 17.6 Å². The highest BCUT2D eigenvalue weighted by Crippen LogP contribution is 2.54. The maximum absolute atomic E-state index is 14.1. The Morgan fingerprint density at radius 2 is 1.79 bits per heavy atom. The van der Waals surface area contributed by atoms with Gasteiger partial charge < -0.3 is 25.3 Å². The van der Waals surface area contributed by atoms with Gasteiger partial charge in [-0.1, -0.05) is 11.8 Å². The largest absolute Gasteiger partial charge is 0.508 e. The molecular weight excluding hydrogens is 578 g/mol. The average molecular weight is 616 g/mol. The molecule has 1 saturated carbocycles. The zero-order valence-corrected chi connectivity index (χ0v) is 26.0. The number of aliphatic hydroxyl groups is 3. The molecule has 1 aromatic rings. The van der Waals surface area contributed by atoms with Gasteiger partial charge in [-0.05, 0) is 65.3 Å². The van der Waals surface area contributed by atoms with Crippen molar-refractivity contribution in [2.24, 2.45) is 11.8 Å². The van der Waals surface area contributed by atoms with Gasteiger partial charge in [0.2, 0.25) is 15.8 Å². The minimum absolute atomic E-state index is 0.0100. The van der Waals surface area contributed by atoms with Crippen LogP contribution in [-0.4, -0.2) is 103 Å². The first-order valence-corrected chi connectivity index (χ1v) is 15.3. The summed E-state index contributed by atoms with van der Waals surface area (Å²) >= 11 is 0. The highest BCUT2D eigenvalue weighted by atomic mass is 32.2. The number of ketones is 3. The number of carbonyl (C=O) groups excluding carboxylic acids is 3. The van der Waals surface area contributed by atoms with E-state index in [1.807, 2.05) is 0 Å². The number of sulfonamides is 1. The van der Waals surface area contributed by atoms with Crippen LogP contribution in [-0.2, 0) is 30.8 Å². The molecule has 0 heterocycles. The maximum Gasteiger partial charge on any atom is 0.214 e. The molecule has 0 radical (unpaired) electrons. The molecule has 4 rings (SSSR count). The van der Waals surface area contributed by atoms with E-state index in [2.05, 4.69) is 16.6 Å². The summed E-state index contributed by atoms with van der Waals surface area (Å²) in [4.78, 5) is 43.0. The van der Waals surface area contributed by atoms with Crippen LogP contribution in [0.25, 0.3) is 5.76 Å². The Morgan fingerprint density at radius 1 is 1.16 bits per heavy atom. The molecule has 0 aliphatic heterocycles. The zero-order chi connectivity index (χ0) is 32.3. The van der Waals surface area contributed by atoms with Crippen molar-refractivity contribution in [3.05, 3.63) is 39.7 Å². The third-order valence-corrected chi connectivity index (χ3v) is 10.3. The number of aliphatic hydroxyl groups excluding tert-OH is 2. The molecule has 1 fully saturated rings. The normalized spacial score (nSPS) is 25.3. The smallest absolute Gasteiger partial charge is 0.214 e. The Labute approximate surface area is 250 Å². The van der Waals surface area contributed by atoms with E-state index in [0.29, 0.717) is 11.3 Å². The number of fused-ring (bicyclic) bond motifs is 3. The lowest BCUT2D eigenvalue weighted by atomic mass is 9.57. The third kappa shape index (κ3) is 5.02. The SMILES string of the molecule is CC(=O)C1=C(O)[C@@]2(O)C(=O)C3=C(O)c4c(O)c(C#CCNS(=O)(=O)C(C)C)cc(N(C)C)c4C[C@H]3C[C@H]2[C@H](N(C)C)C1=O. The molecule has 3 aliphatic carbocycles. The van der Waals surface area contributed by atoms with E-state index in [1.165, 1.54) is 18.7 Å². The van der Waals surface area contributed by atoms with Gasteiger partial charge >= 0.3 is 0 Å². The van der Waals surface area contributed by atoms with Crippen LogP contribution in [0.1, 0.15) is 43.9 Å². The Morgan fingerprint density at radius 3 is 2.33 bits per heavy atom. The summed E-state index contributed by atoms with van der Waals surface area (Å²) in [5.41, 5.74) is -2.49. The third-order valence-electron chi connectivity index (χ3n) is 8.49. The van der Waals surface area contributed by atoms with Crippen LogP contribution in [0.2, 0.25) is 0 Å². The number of aromatic hydroxyl groups is 1. The predicted molar refractivity (Wildman–Crippen MR) is 159 cm³/mol. The monoisotopic (exact) mass is 615 g/mol. The van der Waals surface area contributed by atoms with Gasteiger partial charge in [0, 0.05) is 31.3 Å². The lowest BCUT2D eigenvalue weighted by molar-refractivity contribution is -0.153. The Balaban J connectivity index is 1.90. The van der Waals surface area contributed by atoms with E-state index in [0.717, 1.165) is 6.92 Å². The molecule has 12 nitrogen and oxygen atoms in total. The number of rotatable bonds is 6. The first-order chi connectivity index (χ1) is 19.9. The van der Waals surface area contributed by atoms with E-state index in [4.69, 9.17) is 0 Å². The fraction of sp³-hybridized carbons (Fsp3) is 0.500. The van der Waals surface area contributed by atoms with Crippen LogP contribution >= 0.6 is 0 Å².